The minimum absolute atomic E-state index is 0.0138. The van der Waals surface area contributed by atoms with Gasteiger partial charge in [0.15, 0.2) is 9.84 Å². The summed E-state index contributed by atoms with van der Waals surface area (Å²) in [7, 11) is -3.06. The number of aromatic nitrogens is 2. The fraction of sp³-hybridized carbons (Fsp3) is 0.333. The number of pyridine rings is 1. The predicted molar refractivity (Wildman–Crippen MR) is 108 cm³/mol. The summed E-state index contributed by atoms with van der Waals surface area (Å²) in [6, 6.07) is 11.6. The number of carbonyl (C=O) groups excluding carboxylic acids is 1. The van der Waals surface area contributed by atoms with Crippen LogP contribution in [-0.2, 0) is 27.6 Å². The van der Waals surface area contributed by atoms with Gasteiger partial charge in [-0.05, 0) is 53.6 Å². The van der Waals surface area contributed by atoms with Crippen LogP contribution in [0.25, 0.3) is 10.9 Å². The van der Waals surface area contributed by atoms with E-state index >= 15 is 0 Å². The maximum Gasteiger partial charge on any atom is 0.223 e. The van der Waals surface area contributed by atoms with Crippen molar-refractivity contribution in [1.82, 2.24) is 14.9 Å². The fourth-order valence-electron chi connectivity index (χ4n) is 3.78. The third-order valence-corrected chi connectivity index (χ3v) is 7.04. The van der Waals surface area contributed by atoms with Gasteiger partial charge in [-0.2, -0.15) is 0 Å². The Bertz CT molecular complexity index is 1080. The second-order valence-electron chi connectivity index (χ2n) is 7.34. The number of nitrogens with one attached hydrogen (secondary N) is 1. The number of nitrogens with zero attached hydrogens (tertiary/aromatic N) is 2. The number of aromatic amines is 1. The van der Waals surface area contributed by atoms with Gasteiger partial charge in [-0.25, -0.2) is 8.42 Å². The molecular formula is C21H23N3O3S. The zero-order valence-electron chi connectivity index (χ0n) is 15.5. The van der Waals surface area contributed by atoms with Gasteiger partial charge >= 0.3 is 0 Å². The number of hydrogen-bond donors (Lipinski definition) is 1. The van der Waals surface area contributed by atoms with Gasteiger partial charge in [0.1, 0.15) is 0 Å². The molecule has 1 amide bonds. The first-order valence-corrected chi connectivity index (χ1v) is 11.3. The smallest absolute Gasteiger partial charge is 0.223 e. The molecule has 7 heteroatoms. The molecule has 6 nitrogen and oxygen atoms in total. The summed E-state index contributed by atoms with van der Waals surface area (Å²) in [4.78, 5) is 22.0. The summed E-state index contributed by atoms with van der Waals surface area (Å²) in [5.41, 5.74) is 3.08. The number of fused-ring (bicyclic) bond motifs is 1. The fourth-order valence-corrected chi connectivity index (χ4v) is 5.51. The van der Waals surface area contributed by atoms with Crippen molar-refractivity contribution in [2.24, 2.45) is 0 Å². The molecule has 1 N–H and O–H groups in total. The number of rotatable bonds is 6. The van der Waals surface area contributed by atoms with E-state index in [1.165, 1.54) is 0 Å². The summed E-state index contributed by atoms with van der Waals surface area (Å²) in [6.07, 6.45) is 6.80. The summed E-state index contributed by atoms with van der Waals surface area (Å²) in [6.45, 7) is 0.393. The molecule has 0 spiro atoms. The monoisotopic (exact) mass is 397 g/mol. The van der Waals surface area contributed by atoms with Crippen molar-refractivity contribution in [1.29, 1.82) is 0 Å². The van der Waals surface area contributed by atoms with Gasteiger partial charge in [-0.1, -0.05) is 12.1 Å². The molecule has 0 radical (unpaired) electrons. The van der Waals surface area contributed by atoms with Gasteiger partial charge in [0.2, 0.25) is 5.91 Å². The number of amides is 1. The van der Waals surface area contributed by atoms with Crippen molar-refractivity contribution in [3.63, 3.8) is 0 Å². The first-order valence-electron chi connectivity index (χ1n) is 9.45. The first-order chi connectivity index (χ1) is 13.5. The van der Waals surface area contributed by atoms with E-state index in [2.05, 4.69) is 16.0 Å². The van der Waals surface area contributed by atoms with Crippen LogP contribution in [-0.4, -0.2) is 46.7 Å². The Balaban J connectivity index is 1.48. The second-order valence-corrected chi connectivity index (χ2v) is 9.57. The van der Waals surface area contributed by atoms with Gasteiger partial charge in [-0.3, -0.25) is 9.78 Å². The zero-order valence-corrected chi connectivity index (χ0v) is 16.4. The number of hydrogen-bond acceptors (Lipinski definition) is 4. The minimum Gasteiger partial charge on any atom is -0.361 e. The zero-order chi connectivity index (χ0) is 19.6. The highest BCUT2D eigenvalue weighted by molar-refractivity contribution is 7.91. The van der Waals surface area contributed by atoms with Crippen molar-refractivity contribution in [3.05, 3.63) is 66.1 Å². The van der Waals surface area contributed by atoms with Crippen LogP contribution in [0.2, 0.25) is 0 Å². The molecule has 1 atom stereocenters. The topological polar surface area (TPSA) is 83.1 Å². The highest BCUT2D eigenvalue weighted by atomic mass is 32.2. The highest BCUT2D eigenvalue weighted by Gasteiger charge is 2.34. The van der Waals surface area contributed by atoms with Crippen LogP contribution in [0.4, 0.5) is 0 Å². The van der Waals surface area contributed by atoms with Crippen LogP contribution in [0.5, 0.6) is 0 Å². The summed E-state index contributed by atoms with van der Waals surface area (Å²) in [5, 5.41) is 1.12. The molecule has 0 saturated carbocycles. The summed E-state index contributed by atoms with van der Waals surface area (Å²) >= 11 is 0. The van der Waals surface area contributed by atoms with Crippen molar-refractivity contribution in [3.8, 4) is 0 Å². The number of carbonyl (C=O) groups is 1. The molecule has 1 aliphatic heterocycles. The molecule has 0 bridgehead atoms. The lowest BCUT2D eigenvalue weighted by molar-refractivity contribution is -0.133. The van der Waals surface area contributed by atoms with E-state index in [1.54, 1.807) is 17.3 Å². The van der Waals surface area contributed by atoms with E-state index in [-0.39, 0.29) is 23.5 Å². The average molecular weight is 398 g/mol. The van der Waals surface area contributed by atoms with E-state index in [1.807, 2.05) is 36.5 Å². The first kappa shape index (κ1) is 18.7. The Morgan fingerprint density at radius 2 is 2.11 bits per heavy atom. The largest absolute Gasteiger partial charge is 0.361 e. The molecule has 146 valence electrons. The van der Waals surface area contributed by atoms with Gasteiger partial charge in [0.05, 0.1) is 11.5 Å². The molecule has 0 aliphatic carbocycles. The van der Waals surface area contributed by atoms with Crippen molar-refractivity contribution in [2.45, 2.75) is 31.8 Å². The Hall–Kier alpha value is -2.67. The van der Waals surface area contributed by atoms with E-state index in [0.29, 0.717) is 25.8 Å². The second kappa shape index (κ2) is 7.75. The molecule has 1 saturated heterocycles. The molecule has 2 aromatic heterocycles. The molecule has 3 aromatic rings. The molecule has 1 fully saturated rings. The third kappa shape index (κ3) is 4.25. The van der Waals surface area contributed by atoms with Crippen LogP contribution < -0.4 is 0 Å². The minimum atomic E-state index is -3.06. The third-order valence-electron chi connectivity index (χ3n) is 5.29. The van der Waals surface area contributed by atoms with Crippen LogP contribution in [0.1, 0.15) is 24.0 Å². The number of H-pyrrole nitrogens is 1. The Kier molecular flexibility index (Phi) is 5.17. The molecule has 4 rings (SSSR count). The van der Waals surface area contributed by atoms with E-state index < -0.39 is 9.84 Å². The lowest BCUT2D eigenvalue weighted by Gasteiger charge is -2.28. The quantitative estimate of drug-likeness (QED) is 0.693. The molecule has 1 aromatic carbocycles. The van der Waals surface area contributed by atoms with E-state index in [0.717, 1.165) is 22.0 Å². The Labute approximate surface area is 164 Å². The molecule has 28 heavy (non-hydrogen) atoms. The standard InChI is InChI=1S/C21H23N3O3S/c25-21(6-4-16-3-5-20-18(12-16)7-10-23-20)24(14-17-2-1-9-22-13-17)19-8-11-28(26,27)15-19/h1-3,5,7,9-10,12-13,19,23H,4,6,8,11,14-15H2. The van der Waals surface area contributed by atoms with E-state index in [4.69, 9.17) is 0 Å². The van der Waals surface area contributed by atoms with Crippen molar-refractivity contribution < 1.29 is 13.2 Å². The van der Waals surface area contributed by atoms with Crippen LogP contribution in [0.3, 0.4) is 0 Å². The SMILES string of the molecule is O=C(CCc1ccc2[nH]ccc2c1)N(Cc1cccnc1)C1CCS(=O)(=O)C1. The van der Waals surface area contributed by atoms with Crippen molar-refractivity contribution in [2.75, 3.05) is 11.5 Å². The Morgan fingerprint density at radius 1 is 1.21 bits per heavy atom. The van der Waals surface area contributed by atoms with Crippen LogP contribution in [0, 0.1) is 0 Å². The summed E-state index contributed by atoms with van der Waals surface area (Å²) in [5.74, 6) is 0.188. The average Bonchev–Trinajstić information content (AvgIpc) is 3.30. The normalized spacial score (nSPS) is 18.4. The maximum atomic E-state index is 13.0. The maximum absolute atomic E-state index is 13.0. The number of aryl methyl sites for hydroxylation is 1. The molecular weight excluding hydrogens is 374 g/mol. The number of sulfone groups is 1. The molecule has 1 aliphatic rings. The van der Waals surface area contributed by atoms with Crippen LogP contribution >= 0.6 is 0 Å². The Morgan fingerprint density at radius 3 is 2.86 bits per heavy atom. The van der Waals surface area contributed by atoms with Crippen LogP contribution in [0.15, 0.2) is 55.0 Å². The highest BCUT2D eigenvalue weighted by Crippen LogP contribution is 2.22. The predicted octanol–water partition coefficient (Wildman–Crippen LogP) is 2.71. The lowest BCUT2D eigenvalue weighted by atomic mass is 10.1. The van der Waals surface area contributed by atoms with Gasteiger partial charge in [-0.15, -0.1) is 0 Å². The lowest BCUT2D eigenvalue weighted by Crippen LogP contribution is -2.40. The van der Waals surface area contributed by atoms with Gasteiger partial charge in [0.25, 0.3) is 0 Å². The van der Waals surface area contributed by atoms with E-state index in [9.17, 15) is 13.2 Å². The van der Waals surface area contributed by atoms with Gasteiger partial charge in [0, 0.05) is 43.1 Å². The number of benzene rings is 1. The van der Waals surface area contributed by atoms with Crippen molar-refractivity contribution >= 4 is 26.6 Å². The molecule has 1 unspecified atom stereocenters. The summed E-state index contributed by atoms with van der Waals surface area (Å²) < 4.78 is 23.9. The van der Waals surface area contributed by atoms with Gasteiger partial charge < -0.3 is 9.88 Å². The molecule has 3 heterocycles.